The van der Waals surface area contributed by atoms with Crippen molar-refractivity contribution in [1.82, 2.24) is 34.1 Å². The second kappa shape index (κ2) is 12.9. The number of anilines is 2. The van der Waals surface area contributed by atoms with E-state index >= 15 is 0 Å². The highest BCUT2D eigenvalue weighted by Crippen LogP contribution is 2.51. The fraction of sp³-hybridized carbons (Fsp3) is 0.500. The van der Waals surface area contributed by atoms with E-state index in [0.29, 0.717) is 29.7 Å². The highest BCUT2D eigenvalue weighted by Gasteiger charge is 2.44. The van der Waals surface area contributed by atoms with E-state index in [4.69, 9.17) is 62.9 Å². The van der Waals surface area contributed by atoms with Gasteiger partial charge in [-0.1, -0.05) is 0 Å². The van der Waals surface area contributed by atoms with Gasteiger partial charge >= 0.3 is 12.8 Å². The van der Waals surface area contributed by atoms with Crippen molar-refractivity contribution in [3.63, 3.8) is 0 Å². The number of imidazole rings is 1. The van der Waals surface area contributed by atoms with E-state index in [-0.39, 0.29) is 30.3 Å². The maximum absolute atomic E-state index is 12.3. The molecule has 6 N–H and O–H groups in total. The number of nitrogens with one attached hydrogen (secondary N) is 1. The van der Waals surface area contributed by atoms with Gasteiger partial charge in [0, 0.05) is 26.1 Å². The van der Waals surface area contributed by atoms with Gasteiger partial charge in [-0.15, -0.1) is 0 Å². The molecule has 17 nitrogen and oxygen atoms in total. The minimum absolute atomic E-state index is 0.0610. The lowest BCUT2D eigenvalue weighted by molar-refractivity contribution is -0.0563. The normalized spacial score (nSPS) is 27.3. The molecule has 236 valence electrons. The van der Waals surface area contributed by atoms with Crippen LogP contribution in [0.4, 0.5) is 11.8 Å². The Hall–Kier alpha value is -2.19. The van der Waals surface area contributed by atoms with Crippen LogP contribution in [0.2, 0.25) is 0 Å². The number of aromatic amines is 1. The number of fused-ring (bicyclic) bond motifs is 2. The summed E-state index contributed by atoms with van der Waals surface area (Å²) in [7, 11) is 1.53. The van der Waals surface area contributed by atoms with Gasteiger partial charge < -0.3 is 44.2 Å². The Balaban J connectivity index is 1.19. The third-order valence-corrected chi connectivity index (χ3v) is 9.73. The van der Waals surface area contributed by atoms with E-state index in [1.54, 1.807) is 12.3 Å². The molecule has 8 atom stereocenters. The van der Waals surface area contributed by atoms with Crippen molar-refractivity contribution in [3.8, 4) is 0 Å². The van der Waals surface area contributed by atoms with Gasteiger partial charge in [0.25, 0.3) is 5.56 Å². The number of rotatable bonds is 11. The number of nitrogens with zero attached hydrogens (tertiary/aromatic N) is 6. The molecular formula is C22H28N9O8P2S3+. The fourth-order valence-corrected chi connectivity index (χ4v) is 7.91. The molecule has 44 heavy (non-hydrogen) atoms. The molecule has 2 unspecified atom stereocenters. The lowest BCUT2D eigenvalue weighted by atomic mass is 10.2. The second-order valence-electron chi connectivity index (χ2n) is 9.99. The van der Waals surface area contributed by atoms with Crippen LogP contribution in [-0.2, 0) is 51.4 Å². The van der Waals surface area contributed by atoms with Crippen LogP contribution < -0.4 is 17.0 Å². The standard InChI is InChI=1S/C22H27N9O8P2S3/c1-34-6-10-4-13(21(36-10)31-9-27-16-19(31)28-22(24)29-20(16)32)39-41(33,44)35-7-14-12(38-40(42)43)5-15(37-14)30-3-2-11-17(23)25-8-26-18(11)30/h2-3,8-10,12-15,21H,4-7H2,1H3,(H6-,23,24,25,26,28,29,32,33,42,43,44)/p+1/t10-,12-,13+,14+,15+,21+,41?/m0/s1. The maximum atomic E-state index is 12.3. The van der Waals surface area contributed by atoms with Gasteiger partial charge in [-0.25, -0.2) is 15.0 Å². The molecule has 2 aliphatic rings. The van der Waals surface area contributed by atoms with Crippen molar-refractivity contribution in [2.45, 2.75) is 49.7 Å². The Morgan fingerprint density at radius 1 is 1.20 bits per heavy atom. The summed E-state index contributed by atoms with van der Waals surface area (Å²) in [6.07, 6.45) is -0.0347. The lowest BCUT2D eigenvalue weighted by Gasteiger charge is -2.25. The van der Waals surface area contributed by atoms with Crippen molar-refractivity contribution in [2.24, 2.45) is 0 Å². The molecule has 0 spiro atoms. The third-order valence-electron chi connectivity index (χ3n) is 7.15. The zero-order valence-electron chi connectivity index (χ0n) is 22.9. The highest BCUT2D eigenvalue weighted by molar-refractivity contribution is 8.54. The Kier molecular flexibility index (Phi) is 9.32. The zero-order chi connectivity index (χ0) is 31.2. The fourth-order valence-electron chi connectivity index (χ4n) is 5.32. The Morgan fingerprint density at radius 2 is 2.02 bits per heavy atom. The molecule has 6 heterocycles. The molecule has 2 saturated heterocycles. The van der Waals surface area contributed by atoms with E-state index in [1.165, 1.54) is 24.3 Å². The number of nitrogen functional groups attached to an aromatic ring is 2. The van der Waals surface area contributed by atoms with E-state index < -0.39 is 55.3 Å². The van der Waals surface area contributed by atoms with Crippen LogP contribution in [0.15, 0.2) is 29.7 Å². The van der Waals surface area contributed by atoms with Crippen molar-refractivity contribution < 1.29 is 32.7 Å². The third kappa shape index (κ3) is 6.53. The monoisotopic (exact) mass is 704 g/mol. The molecule has 0 amide bonds. The topological polar surface area (TPSA) is 222 Å². The van der Waals surface area contributed by atoms with Crippen LogP contribution in [-0.4, -0.2) is 83.7 Å². The summed E-state index contributed by atoms with van der Waals surface area (Å²) in [5.74, 6) is 0.252. The molecule has 0 saturated carbocycles. The van der Waals surface area contributed by atoms with E-state index in [0.717, 1.165) is 0 Å². The van der Waals surface area contributed by atoms with Gasteiger partial charge in [0.2, 0.25) is 17.8 Å². The number of thiol groups is 1. The first-order valence-electron chi connectivity index (χ1n) is 13.1. The van der Waals surface area contributed by atoms with Crippen LogP contribution >= 0.6 is 25.1 Å². The van der Waals surface area contributed by atoms with Gasteiger partial charge in [0.15, 0.2) is 17.4 Å². The molecule has 4 aromatic rings. The van der Waals surface area contributed by atoms with Gasteiger partial charge in [-0.2, -0.15) is 9.51 Å². The first-order chi connectivity index (χ1) is 21.0. The second-order valence-corrected chi connectivity index (χ2v) is 16.4. The molecule has 0 aromatic carbocycles. The number of aromatic nitrogens is 7. The molecular weight excluding hydrogens is 676 g/mol. The first kappa shape index (κ1) is 31.8. The average Bonchev–Trinajstić information content (AvgIpc) is 3.73. The molecule has 0 bridgehead atoms. The molecule has 22 heteroatoms. The van der Waals surface area contributed by atoms with Gasteiger partial charge in [-0.05, 0) is 17.9 Å². The number of hydrogen-bond donors (Lipinski definition) is 5. The molecule has 2 aliphatic heterocycles. The summed E-state index contributed by atoms with van der Waals surface area (Å²) in [6, 6.07) is 1.80. The van der Waals surface area contributed by atoms with E-state index in [2.05, 4.69) is 37.2 Å². The van der Waals surface area contributed by atoms with Crippen LogP contribution in [0.1, 0.15) is 25.3 Å². The van der Waals surface area contributed by atoms with Gasteiger partial charge in [0.1, 0.15) is 54.6 Å². The number of H-pyrrole nitrogens is 1. The molecule has 0 aliphatic carbocycles. The summed E-state index contributed by atoms with van der Waals surface area (Å²) in [5.41, 5.74) is 12.1. The minimum Gasteiger partial charge on any atom is -0.383 e. The number of hydrogen-bond acceptors (Lipinski definition) is 15. The molecule has 2 fully saturated rings. The van der Waals surface area contributed by atoms with Gasteiger partial charge in [0.05, 0.1) is 31.0 Å². The number of nitrogens with two attached hydrogens (primary N) is 2. The van der Waals surface area contributed by atoms with Crippen molar-refractivity contribution in [1.29, 1.82) is 0 Å². The maximum Gasteiger partial charge on any atom is 0.411 e. The lowest BCUT2D eigenvalue weighted by Crippen LogP contribution is -2.28. The van der Waals surface area contributed by atoms with E-state index in [1.807, 2.05) is 4.57 Å². The van der Waals surface area contributed by atoms with Crippen molar-refractivity contribution in [3.05, 3.63) is 35.3 Å². The van der Waals surface area contributed by atoms with Crippen LogP contribution in [0, 0.1) is 0 Å². The summed E-state index contributed by atoms with van der Waals surface area (Å²) >= 11 is 14.9. The van der Waals surface area contributed by atoms with Crippen molar-refractivity contribution in [2.75, 3.05) is 31.8 Å². The molecule has 4 aromatic heterocycles. The average molecular weight is 705 g/mol. The minimum atomic E-state index is -3.90. The SMILES string of the molecule is COC[C@@H]1C[C@@H](OP(O)(=S)OC[C@H]2O[C@@H](n3ccc4c(N)ncnc43)C[C@@H]2O[P+](=S)S)[C@H](n2cnc3c(=O)[nH]c(N)nc32)O1. The van der Waals surface area contributed by atoms with Crippen LogP contribution in [0.5, 0.6) is 0 Å². The van der Waals surface area contributed by atoms with Crippen molar-refractivity contribution >= 4 is 82.7 Å². The number of methoxy groups -OCH3 is 1. The highest BCUT2D eigenvalue weighted by atomic mass is 32.9. The predicted octanol–water partition coefficient (Wildman–Crippen LogP) is 1.66. The number of ether oxygens (including phenoxy) is 3. The van der Waals surface area contributed by atoms with Crippen LogP contribution in [0.25, 0.3) is 22.2 Å². The predicted molar refractivity (Wildman–Crippen MR) is 169 cm³/mol. The largest absolute Gasteiger partial charge is 0.411 e. The smallest absolute Gasteiger partial charge is 0.383 e. The van der Waals surface area contributed by atoms with Crippen LogP contribution in [0.3, 0.4) is 0 Å². The first-order valence-corrected chi connectivity index (χ1v) is 19.1. The summed E-state index contributed by atoms with van der Waals surface area (Å²) in [6.45, 7) is -3.83. The summed E-state index contributed by atoms with van der Waals surface area (Å²) < 4.78 is 38.6. The zero-order valence-corrected chi connectivity index (χ0v) is 27.2. The van der Waals surface area contributed by atoms with E-state index in [9.17, 15) is 9.69 Å². The Morgan fingerprint density at radius 3 is 2.80 bits per heavy atom. The Labute approximate surface area is 265 Å². The summed E-state index contributed by atoms with van der Waals surface area (Å²) in [5, 5.41) is 0.681. The summed E-state index contributed by atoms with van der Waals surface area (Å²) in [4.78, 5) is 42.6. The quantitative estimate of drug-likeness (QED) is 0.111. The Bertz CT molecular complexity index is 1810. The van der Waals surface area contributed by atoms with Gasteiger partial charge in [-0.3, -0.25) is 14.3 Å². The molecule has 6 rings (SSSR count). The molecule has 0 radical (unpaired) electrons.